The normalized spacial score (nSPS) is 11.9. The van der Waals surface area contributed by atoms with E-state index in [0.717, 1.165) is 5.75 Å². The summed E-state index contributed by atoms with van der Waals surface area (Å²) in [5.74, 6) is 0.857. The number of hydrogen-bond donors (Lipinski definition) is 1. The zero-order valence-electron chi connectivity index (χ0n) is 17.0. The summed E-state index contributed by atoms with van der Waals surface area (Å²) >= 11 is 1.81. The van der Waals surface area contributed by atoms with Crippen molar-refractivity contribution < 1.29 is 4.79 Å². The molecule has 0 fully saturated rings. The van der Waals surface area contributed by atoms with Crippen molar-refractivity contribution in [3.05, 3.63) is 100 Å². The summed E-state index contributed by atoms with van der Waals surface area (Å²) in [6.45, 7) is 8.29. The van der Waals surface area contributed by atoms with Gasteiger partial charge in [-0.1, -0.05) is 53.6 Å². The molecule has 28 heavy (non-hydrogen) atoms. The number of rotatable bonds is 6. The molecule has 0 spiro atoms. The molecule has 3 heteroatoms. The molecule has 2 nitrogen and oxygen atoms in total. The van der Waals surface area contributed by atoms with E-state index in [4.69, 9.17) is 0 Å². The summed E-state index contributed by atoms with van der Waals surface area (Å²) in [6, 6.07) is 22.8. The molecule has 0 aliphatic carbocycles. The predicted octanol–water partition coefficient (Wildman–Crippen LogP) is 6.40. The van der Waals surface area contributed by atoms with Crippen molar-refractivity contribution >= 4 is 17.7 Å². The van der Waals surface area contributed by atoms with E-state index in [0.29, 0.717) is 5.56 Å². The van der Waals surface area contributed by atoms with Gasteiger partial charge in [-0.2, -0.15) is 0 Å². The molecule has 3 aromatic rings. The lowest BCUT2D eigenvalue weighted by atomic mass is 9.99. The Morgan fingerprint density at radius 2 is 1.54 bits per heavy atom. The van der Waals surface area contributed by atoms with Crippen molar-refractivity contribution in [2.24, 2.45) is 0 Å². The highest BCUT2D eigenvalue weighted by Gasteiger charge is 2.13. The molecular weight excluding hydrogens is 362 g/mol. The minimum atomic E-state index is -0.0360. The van der Waals surface area contributed by atoms with Crippen molar-refractivity contribution in [1.29, 1.82) is 0 Å². The zero-order valence-corrected chi connectivity index (χ0v) is 17.8. The molecule has 1 N–H and O–H groups in total. The highest BCUT2D eigenvalue weighted by Crippen LogP contribution is 2.23. The fourth-order valence-corrected chi connectivity index (χ4v) is 3.99. The van der Waals surface area contributed by atoms with Gasteiger partial charge in [0.2, 0.25) is 0 Å². The Morgan fingerprint density at radius 1 is 0.893 bits per heavy atom. The van der Waals surface area contributed by atoms with Crippen LogP contribution in [0.5, 0.6) is 0 Å². The average molecular weight is 390 g/mol. The van der Waals surface area contributed by atoms with Crippen LogP contribution >= 0.6 is 11.8 Å². The van der Waals surface area contributed by atoms with E-state index < -0.39 is 0 Å². The largest absolute Gasteiger partial charge is 0.346 e. The van der Waals surface area contributed by atoms with Crippen LogP contribution in [0.2, 0.25) is 0 Å². The second kappa shape index (κ2) is 9.11. The minimum Gasteiger partial charge on any atom is -0.346 e. The van der Waals surface area contributed by atoms with E-state index in [2.05, 4.69) is 68.6 Å². The Labute approximate surface area is 172 Å². The van der Waals surface area contributed by atoms with Crippen molar-refractivity contribution in [3.8, 4) is 0 Å². The zero-order chi connectivity index (χ0) is 20.1. The minimum absolute atomic E-state index is 0.0239. The van der Waals surface area contributed by atoms with Crippen LogP contribution < -0.4 is 5.32 Å². The standard InChI is InChI=1S/C25H27NOS/c1-17-6-13-23(14-7-17)28-16-21-9-11-22(12-10-21)25(27)26-20(4)24-15-18(2)5-8-19(24)3/h5-15,20H,16H2,1-4H3,(H,26,27). The SMILES string of the molecule is Cc1ccc(SCc2ccc(C(=O)NC(C)c3cc(C)ccc3C)cc2)cc1. The maximum atomic E-state index is 12.6. The maximum Gasteiger partial charge on any atom is 0.251 e. The van der Waals surface area contributed by atoms with Gasteiger partial charge in [-0.05, 0) is 68.7 Å². The van der Waals surface area contributed by atoms with Gasteiger partial charge in [0.05, 0.1) is 6.04 Å². The van der Waals surface area contributed by atoms with Gasteiger partial charge < -0.3 is 5.32 Å². The quantitative estimate of drug-likeness (QED) is 0.495. The molecule has 0 aliphatic rings. The van der Waals surface area contributed by atoms with E-state index >= 15 is 0 Å². The van der Waals surface area contributed by atoms with E-state index in [1.165, 1.54) is 32.7 Å². The second-order valence-corrected chi connectivity index (χ2v) is 8.40. The summed E-state index contributed by atoms with van der Waals surface area (Å²) in [5, 5.41) is 3.12. The third-order valence-electron chi connectivity index (χ3n) is 4.89. The fourth-order valence-electron chi connectivity index (χ4n) is 3.14. The first kappa shape index (κ1) is 20.2. The van der Waals surface area contributed by atoms with E-state index in [9.17, 15) is 4.79 Å². The summed E-state index contributed by atoms with van der Waals surface area (Å²) in [6.07, 6.45) is 0. The molecule has 3 rings (SSSR count). The molecule has 0 heterocycles. The molecule has 0 aliphatic heterocycles. The topological polar surface area (TPSA) is 29.1 Å². The Balaban J connectivity index is 1.60. The Kier molecular flexibility index (Phi) is 6.58. The first-order valence-corrected chi connectivity index (χ1v) is 10.6. The number of hydrogen-bond acceptors (Lipinski definition) is 2. The monoisotopic (exact) mass is 389 g/mol. The average Bonchev–Trinajstić information content (AvgIpc) is 2.69. The van der Waals surface area contributed by atoms with Crippen LogP contribution in [0.4, 0.5) is 0 Å². The summed E-state index contributed by atoms with van der Waals surface area (Å²) in [5.41, 5.74) is 6.75. The number of aryl methyl sites for hydroxylation is 3. The van der Waals surface area contributed by atoms with Crippen LogP contribution in [0.3, 0.4) is 0 Å². The fraction of sp³-hybridized carbons (Fsp3) is 0.240. The van der Waals surface area contributed by atoms with Gasteiger partial charge in [0.25, 0.3) is 5.91 Å². The number of carbonyl (C=O) groups excluding carboxylic acids is 1. The molecule has 0 aromatic heterocycles. The molecule has 1 unspecified atom stereocenters. The van der Waals surface area contributed by atoms with E-state index in [1.807, 2.05) is 31.2 Å². The lowest BCUT2D eigenvalue weighted by Gasteiger charge is -2.17. The third kappa shape index (κ3) is 5.26. The number of benzene rings is 3. The van der Waals surface area contributed by atoms with Crippen molar-refractivity contribution in [1.82, 2.24) is 5.32 Å². The van der Waals surface area contributed by atoms with Crippen molar-refractivity contribution in [2.75, 3.05) is 0 Å². The molecule has 0 bridgehead atoms. The molecule has 1 amide bonds. The number of thioether (sulfide) groups is 1. The first-order valence-electron chi connectivity index (χ1n) is 9.59. The van der Waals surface area contributed by atoms with Gasteiger partial charge in [0.1, 0.15) is 0 Å². The Hall–Kier alpha value is -2.52. The lowest BCUT2D eigenvalue weighted by molar-refractivity contribution is 0.0940. The van der Waals surface area contributed by atoms with Gasteiger partial charge >= 0.3 is 0 Å². The molecule has 0 saturated carbocycles. The predicted molar refractivity (Wildman–Crippen MR) is 119 cm³/mol. The third-order valence-corrected chi connectivity index (χ3v) is 5.97. The first-order chi connectivity index (χ1) is 13.4. The Morgan fingerprint density at radius 3 is 2.21 bits per heavy atom. The van der Waals surface area contributed by atoms with Crippen LogP contribution in [0.15, 0.2) is 71.6 Å². The second-order valence-electron chi connectivity index (χ2n) is 7.35. The summed E-state index contributed by atoms with van der Waals surface area (Å²) in [7, 11) is 0. The molecule has 3 aromatic carbocycles. The van der Waals surface area contributed by atoms with Gasteiger partial charge in [-0.25, -0.2) is 0 Å². The molecule has 144 valence electrons. The van der Waals surface area contributed by atoms with Crippen LogP contribution in [0.25, 0.3) is 0 Å². The van der Waals surface area contributed by atoms with E-state index in [1.54, 1.807) is 11.8 Å². The number of nitrogens with one attached hydrogen (secondary N) is 1. The molecule has 0 saturated heterocycles. The highest BCUT2D eigenvalue weighted by atomic mass is 32.2. The molecule has 0 radical (unpaired) electrons. The van der Waals surface area contributed by atoms with E-state index in [-0.39, 0.29) is 11.9 Å². The van der Waals surface area contributed by atoms with Crippen molar-refractivity contribution in [3.63, 3.8) is 0 Å². The van der Waals surface area contributed by atoms with Gasteiger partial charge in [-0.3, -0.25) is 4.79 Å². The van der Waals surface area contributed by atoms with Crippen LogP contribution in [-0.4, -0.2) is 5.91 Å². The van der Waals surface area contributed by atoms with Gasteiger partial charge in [0, 0.05) is 16.2 Å². The van der Waals surface area contributed by atoms with Gasteiger partial charge in [-0.15, -0.1) is 11.8 Å². The van der Waals surface area contributed by atoms with Crippen LogP contribution in [0.1, 0.15) is 51.1 Å². The number of carbonyl (C=O) groups is 1. The maximum absolute atomic E-state index is 12.6. The van der Waals surface area contributed by atoms with Gasteiger partial charge in [0.15, 0.2) is 0 Å². The lowest BCUT2D eigenvalue weighted by Crippen LogP contribution is -2.27. The Bertz CT molecular complexity index is 945. The summed E-state index contributed by atoms with van der Waals surface area (Å²) in [4.78, 5) is 13.9. The molecular formula is C25H27NOS. The number of amides is 1. The molecule has 1 atom stereocenters. The highest BCUT2D eigenvalue weighted by molar-refractivity contribution is 7.98. The van der Waals surface area contributed by atoms with Crippen molar-refractivity contribution in [2.45, 2.75) is 44.4 Å². The van der Waals surface area contributed by atoms with Crippen LogP contribution in [0, 0.1) is 20.8 Å². The summed E-state index contributed by atoms with van der Waals surface area (Å²) < 4.78 is 0. The smallest absolute Gasteiger partial charge is 0.251 e. The van der Waals surface area contributed by atoms with Crippen LogP contribution in [-0.2, 0) is 5.75 Å².